The minimum absolute atomic E-state index is 0.0797. The number of nitrogens with one attached hydrogen (secondary N) is 1. The highest BCUT2D eigenvalue weighted by atomic mass is 16.2. The lowest BCUT2D eigenvalue weighted by Gasteiger charge is -2.35. The van der Waals surface area contributed by atoms with E-state index in [0.29, 0.717) is 24.9 Å². The van der Waals surface area contributed by atoms with Gasteiger partial charge in [0.05, 0.1) is 0 Å². The topological polar surface area (TPSA) is 87.9 Å². The number of carbonyl (C=O) groups excluding carboxylic acids is 1. The summed E-state index contributed by atoms with van der Waals surface area (Å²) in [5, 5.41) is 6.85. The summed E-state index contributed by atoms with van der Waals surface area (Å²) in [6, 6.07) is 0. The molecule has 2 heterocycles. The summed E-state index contributed by atoms with van der Waals surface area (Å²) < 4.78 is 0. The lowest BCUT2D eigenvalue weighted by atomic mass is 9.87. The van der Waals surface area contributed by atoms with Crippen LogP contribution < -0.4 is 5.73 Å². The Balaban J connectivity index is 2.02. The first kappa shape index (κ1) is 14.0. The highest BCUT2D eigenvalue weighted by molar-refractivity contribution is 5.90. The molecule has 3 N–H and O–H groups in total. The molecule has 19 heavy (non-hydrogen) atoms. The molecule has 0 aliphatic carbocycles. The van der Waals surface area contributed by atoms with Gasteiger partial charge in [0.1, 0.15) is 5.82 Å². The van der Waals surface area contributed by atoms with E-state index in [1.54, 1.807) is 0 Å². The number of amides is 1. The maximum absolute atomic E-state index is 12.3. The average molecular weight is 265 g/mol. The van der Waals surface area contributed by atoms with Crippen LogP contribution in [0.4, 0.5) is 0 Å². The van der Waals surface area contributed by atoms with Gasteiger partial charge in [-0.2, -0.15) is 0 Å². The Labute approximate surface area is 113 Å². The molecule has 1 amide bonds. The molecule has 106 valence electrons. The first-order valence-electron chi connectivity index (χ1n) is 7.06. The van der Waals surface area contributed by atoms with Gasteiger partial charge in [-0.25, -0.2) is 4.98 Å². The Kier molecular flexibility index (Phi) is 4.52. The van der Waals surface area contributed by atoms with Gasteiger partial charge in [0.2, 0.25) is 5.82 Å². The van der Waals surface area contributed by atoms with Crippen LogP contribution in [0.25, 0.3) is 0 Å². The number of rotatable bonds is 4. The van der Waals surface area contributed by atoms with Crippen molar-refractivity contribution in [1.82, 2.24) is 20.1 Å². The van der Waals surface area contributed by atoms with Crippen LogP contribution in [-0.2, 0) is 6.42 Å². The second-order valence-corrected chi connectivity index (χ2v) is 5.37. The minimum atomic E-state index is -0.0797. The molecule has 1 saturated heterocycles. The van der Waals surface area contributed by atoms with Crippen LogP contribution in [0, 0.1) is 11.8 Å². The number of hydrogen-bond acceptors (Lipinski definition) is 4. The first-order chi connectivity index (χ1) is 9.15. The molecule has 0 aromatic carbocycles. The Bertz CT molecular complexity index is 430. The predicted molar refractivity (Wildman–Crippen MR) is 72.6 cm³/mol. The molecule has 0 bridgehead atoms. The molecule has 1 fully saturated rings. The van der Waals surface area contributed by atoms with Crippen LogP contribution in [0.15, 0.2) is 0 Å². The number of hydrogen-bond donors (Lipinski definition) is 2. The quantitative estimate of drug-likeness (QED) is 0.843. The van der Waals surface area contributed by atoms with Gasteiger partial charge in [-0.05, 0) is 31.2 Å². The zero-order valence-corrected chi connectivity index (χ0v) is 11.7. The standard InChI is InChI=1S/C13H23N5O/c1-3-4-11-15-12(17-16-11)13(19)18-6-5-9(2)10(7-14)8-18/h9-10H,3-8,14H2,1-2H3,(H,15,16,17). The van der Waals surface area contributed by atoms with E-state index in [1.807, 2.05) is 4.90 Å². The molecular formula is C13H23N5O. The van der Waals surface area contributed by atoms with Gasteiger partial charge in [-0.1, -0.05) is 13.8 Å². The Morgan fingerprint density at radius 2 is 2.37 bits per heavy atom. The van der Waals surface area contributed by atoms with Crippen LogP contribution in [-0.4, -0.2) is 45.6 Å². The smallest absolute Gasteiger partial charge is 0.293 e. The Morgan fingerprint density at radius 3 is 3.05 bits per heavy atom. The van der Waals surface area contributed by atoms with E-state index in [4.69, 9.17) is 5.73 Å². The van der Waals surface area contributed by atoms with Gasteiger partial charge >= 0.3 is 0 Å². The van der Waals surface area contributed by atoms with Crippen molar-refractivity contribution in [2.45, 2.75) is 33.1 Å². The van der Waals surface area contributed by atoms with E-state index < -0.39 is 0 Å². The number of piperidine rings is 1. The Morgan fingerprint density at radius 1 is 1.58 bits per heavy atom. The molecule has 1 aromatic heterocycles. The highest BCUT2D eigenvalue weighted by Gasteiger charge is 2.29. The van der Waals surface area contributed by atoms with E-state index >= 15 is 0 Å². The summed E-state index contributed by atoms with van der Waals surface area (Å²) in [5.41, 5.74) is 5.76. The largest absolute Gasteiger partial charge is 0.336 e. The molecule has 6 heteroatoms. The van der Waals surface area contributed by atoms with Gasteiger partial charge in [0.15, 0.2) is 0 Å². The fourth-order valence-electron chi connectivity index (χ4n) is 2.52. The fourth-order valence-corrected chi connectivity index (χ4v) is 2.52. The third kappa shape index (κ3) is 3.12. The maximum atomic E-state index is 12.3. The monoisotopic (exact) mass is 265 g/mol. The van der Waals surface area contributed by atoms with Crippen molar-refractivity contribution in [3.63, 3.8) is 0 Å². The number of nitrogens with zero attached hydrogens (tertiary/aromatic N) is 3. The van der Waals surface area contributed by atoms with Gasteiger partial charge in [0.25, 0.3) is 5.91 Å². The summed E-state index contributed by atoms with van der Waals surface area (Å²) in [6.45, 7) is 6.38. The lowest BCUT2D eigenvalue weighted by molar-refractivity contribution is 0.0606. The van der Waals surface area contributed by atoms with Crippen molar-refractivity contribution in [2.75, 3.05) is 19.6 Å². The number of likely N-dealkylation sites (tertiary alicyclic amines) is 1. The summed E-state index contributed by atoms with van der Waals surface area (Å²) in [5.74, 6) is 1.95. The van der Waals surface area contributed by atoms with Crippen LogP contribution in [0.5, 0.6) is 0 Å². The summed E-state index contributed by atoms with van der Waals surface area (Å²) in [7, 11) is 0. The second-order valence-electron chi connectivity index (χ2n) is 5.37. The zero-order valence-electron chi connectivity index (χ0n) is 11.7. The summed E-state index contributed by atoms with van der Waals surface area (Å²) in [6.07, 6.45) is 2.81. The van der Waals surface area contributed by atoms with Crippen molar-refractivity contribution in [2.24, 2.45) is 17.6 Å². The van der Waals surface area contributed by atoms with E-state index in [0.717, 1.165) is 31.6 Å². The van der Waals surface area contributed by atoms with E-state index in [9.17, 15) is 4.79 Å². The predicted octanol–water partition coefficient (Wildman–Crippen LogP) is 0.814. The molecule has 2 atom stereocenters. The molecule has 0 radical (unpaired) electrons. The first-order valence-corrected chi connectivity index (χ1v) is 7.06. The molecule has 2 rings (SSSR count). The second kappa shape index (κ2) is 6.14. The molecule has 1 aliphatic rings. The fraction of sp³-hybridized carbons (Fsp3) is 0.769. The van der Waals surface area contributed by atoms with Crippen LogP contribution in [0.1, 0.15) is 43.1 Å². The molecule has 1 aliphatic heterocycles. The molecule has 0 spiro atoms. The number of nitrogens with two attached hydrogens (primary N) is 1. The van der Waals surface area contributed by atoms with Crippen molar-refractivity contribution < 1.29 is 4.79 Å². The molecule has 6 nitrogen and oxygen atoms in total. The summed E-state index contributed by atoms with van der Waals surface area (Å²) >= 11 is 0. The van der Waals surface area contributed by atoms with Crippen LogP contribution >= 0.6 is 0 Å². The number of carbonyl (C=O) groups is 1. The third-order valence-corrected chi connectivity index (χ3v) is 3.91. The molecule has 1 aromatic rings. The van der Waals surface area contributed by atoms with Gasteiger partial charge in [0, 0.05) is 19.5 Å². The average Bonchev–Trinajstić information content (AvgIpc) is 2.87. The number of aromatic amines is 1. The number of aryl methyl sites for hydroxylation is 1. The Hall–Kier alpha value is -1.43. The van der Waals surface area contributed by atoms with Crippen molar-refractivity contribution in [3.05, 3.63) is 11.6 Å². The van der Waals surface area contributed by atoms with Crippen molar-refractivity contribution in [1.29, 1.82) is 0 Å². The van der Waals surface area contributed by atoms with Gasteiger partial charge in [-0.15, -0.1) is 5.10 Å². The zero-order chi connectivity index (χ0) is 13.8. The normalized spacial score (nSPS) is 23.6. The van der Waals surface area contributed by atoms with Gasteiger partial charge in [-0.3, -0.25) is 9.89 Å². The third-order valence-electron chi connectivity index (χ3n) is 3.91. The van der Waals surface area contributed by atoms with E-state index in [-0.39, 0.29) is 11.7 Å². The minimum Gasteiger partial charge on any atom is -0.336 e. The van der Waals surface area contributed by atoms with Crippen LogP contribution in [0.3, 0.4) is 0 Å². The van der Waals surface area contributed by atoms with Crippen LogP contribution in [0.2, 0.25) is 0 Å². The van der Waals surface area contributed by atoms with E-state index in [2.05, 4.69) is 29.0 Å². The van der Waals surface area contributed by atoms with E-state index in [1.165, 1.54) is 0 Å². The van der Waals surface area contributed by atoms with Crippen molar-refractivity contribution in [3.8, 4) is 0 Å². The SMILES string of the molecule is CCCc1nc(C(=O)N2CCC(C)C(CN)C2)n[nH]1. The highest BCUT2D eigenvalue weighted by Crippen LogP contribution is 2.22. The van der Waals surface area contributed by atoms with Crippen molar-refractivity contribution >= 4 is 5.91 Å². The maximum Gasteiger partial charge on any atom is 0.293 e. The lowest BCUT2D eigenvalue weighted by Crippen LogP contribution is -2.45. The van der Waals surface area contributed by atoms with Gasteiger partial charge < -0.3 is 10.6 Å². The number of H-pyrrole nitrogens is 1. The molecular weight excluding hydrogens is 242 g/mol. The molecule has 0 saturated carbocycles. The molecule has 2 unspecified atom stereocenters. The number of aromatic nitrogens is 3. The summed E-state index contributed by atoms with van der Waals surface area (Å²) in [4.78, 5) is 18.4.